The summed E-state index contributed by atoms with van der Waals surface area (Å²) in [7, 11) is 0. The third kappa shape index (κ3) is 2.19. The minimum atomic E-state index is -0.136. The lowest BCUT2D eigenvalue weighted by atomic mass is 9.84. The van der Waals surface area contributed by atoms with E-state index in [9.17, 15) is 4.39 Å². The first-order valence-corrected chi connectivity index (χ1v) is 7.19. The Hall–Kier alpha value is -0.930. The highest BCUT2D eigenvalue weighted by Gasteiger charge is 2.49. The second-order valence-corrected chi connectivity index (χ2v) is 6.63. The minimum Gasteiger partial charge on any atom is -0.316 e. The summed E-state index contributed by atoms with van der Waals surface area (Å²) >= 11 is 0. The fourth-order valence-electron chi connectivity index (χ4n) is 3.82. The van der Waals surface area contributed by atoms with Crippen molar-refractivity contribution in [3.05, 3.63) is 35.1 Å². The largest absolute Gasteiger partial charge is 0.316 e. The van der Waals surface area contributed by atoms with Crippen LogP contribution in [0.25, 0.3) is 0 Å². The number of hydrogen-bond acceptors (Lipinski definition) is 2. The lowest BCUT2D eigenvalue weighted by Gasteiger charge is -2.36. The zero-order valence-electron chi connectivity index (χ0n) is 12.0. The lowest BCUT2D eigenvalue weighted by Crippen LogP contribution is -2.44. The predicted molar refractivity (Wildman–Crippen MR) is 75.5 cm³/mol. The van der Waals surface area contributed by atoms with Crippen LogP contribution >= 0.6 is 0 Å². The van der Waals surface area contributed by atoms with Crippen LogP contribution in [0.5, 0.6) is 0 Å². The molecule has 0 aromatic heterocycles. The van der Waals surface area contributed by atoms with Crippen molar-refractivity contribution >= 4 is 0 Å². The number of benzene rings is 1. The molecular weight excluding hydrogens is 239 g/mol. The number of hydrogen-bond donors (Lipinski definition) is 1. The van der Waals surface area contributed by atoms with Crippen LogP contribution in [0.15, 0.2) is 18.2 Å². The van der Waals surface area contributed by atoms with Crippen LogP contribution in [-0.2, 0) is 6.54 Å². The summed E-state index contributed by atoms with van der Waals surface area (Å²) in [4.78, 5) is 2.57. The van der Waals surface area contributed by atoms with E-state index in [-0.39, 0.29) is 11.4 Å². The molecular formula is C16H23FN2. The van der Waals surface area contributed by atoms with Gasteiger partial charge in [0.25, 0.3) is 0 Å². The second kappa shape index (κ2) is 4.57. The molecule has 0 radical (unpaired) electrons. The van der Waals surface area contributed by atoms with Crippen LogP contribution < -0.4 is 5.32 Å². The van der Waals surface area contributed by atoms with E-state index in [1.165, 1.54) is 5.56 Å². The molecule has 2 aliphatic rings. The number of likely N-dealkylation sites (tertiary alicyclic amines) is 1. The topological polar surface area (TPSA) is 15.3 Å². The fourth-order valence-corrected chi connectivity index (χ4v) is 3.82. The summed E-state index contributed by atoms with van der Waals surface area (Å²) in [6.07, 6.45) is 0. The molecule has 0 bridgehead atoms. The van der Waals surface area contributed by atoms with E-state index in [1.807, 2.05) is 13.0 Å². The van der Waals surface area contributed by atoms with E-state index < -0.39 is 0 Å². The number of halogens is 1. The number of nitrogens with one attached hydrogen (secondary N) is 1. The van der Waals surface area contributed by atoms with E-state index >= 15 is 0 Å². The molecule has 0 saturated carbocycles. The molecule has 2 unspecified atom stereocenters. The van der Waals surface area contributed by atoms with Crippen molar-refractivity contribution in [3.63, 3.8) is 0 Å². The maximum absolute atomic E-state index is 13.2. The zero-order valence-corrected chi connectivity index (χ0v) is 12.0. The number of aryl methyl sites for hydroxylation is 1. The van der Waals surface area contributed by atoms with Gasteiger partial charge in [-0.3, -0.25) is 4.90 Å². The average Bonchev–Trinajstić information content (AvgIpc) is 2.87. The molecule has 3 rings (SSSR count). The second-order valence-electron chi connectivity index (χ2n) is 6.63. The summed E-state index contributed by atoms with van der Waals surface area (Å²) in [5.41, 5.74) is 2.54. The van der Waals surface area contributed by atoms with Crippen LogP contribution in [0, 0.1) is 24.6 Å². The summed E-state index contributed by atoms with van der Waals surface area (Å²) < 4.78 is 13.2. The van der Waals surface area contributed by atoms with Crippen molar-refractivity contribution in [1.82, 2.24) is 10.2 Å². The van der Waals surface area contributed by atoms with Gasteiger partial charge in [0, 0.05) is 25.2 Å². The van der Waals surface area contributed by atoms with Crippen LogP contribution in [-0.4, -0.2) is 30.1 Å². The first kappa shape index (κ1) is 13.1. The Morgan fingerprint density at radius 3 is 2.84 bits per heavy atom. The molecule has 0 aliphatic carbocycles. The van der Waals surface area contributed by atoms with Gasteiger partial charge in [-0.15, -0.1) is 0 Å². The van der Waals surface area contributed by atoms with Gasteiger partial charge in [0.05, 0.1) is 0 Å². The van der Waals surface area contributed by atoms with Gasteiger partial charge in [0.1, 0.15) is 5.82 Å². The molecule has 104 valence electrons. The van der Waals surface area contributed by atoms with Crippen molar-refractivity contribution in [2.24, 2.45) is 11.8 Å². The predicted octanol–water partition coefficient (Wildman–Crippen LogP) is 2.56. The van der Waals surface area contributed by atoms with Gasteiger partial charge in [0.15, 0.2) is 0 Å². The van der Waals surface area contributed by atoms with Crippen LogP contribution in [0.4, 0.5) is 4.39 Å². The van der Waals surface area contributed by atoms with Crippen molar-refractivity contribution in [1.29, 1.82) is 0 Å². The molecule has 2 aliphatic heterocycles. The number of fused-ring (bicyclic) bond motifs is 1. The Kier molecular flexibility index (Phi) is 3.14. The SMILES string of the molecule is Cc1cc(F)ccc1CN1CC2CNCC2C1(C)C. The van der Waals surface area contributed by atoms with Crippen molar-refractivity contribution in [2.45, 2.75) is 32.9 Å². The first-order chi connectivity index (χ1) is 8.98. The lowest BCUT2D eigenvalue weighted by molar-refractivity contribution is 0.132. The molecule has 2 fully saturated rings. The maximum atomic E-state index is 13.2. The summed E-state index contributed by atoms with van der Waals surface area (Å²) in [6, 6.07) is 5.15. The van der Waals surface area contributed by atoms with Gasteiger partial charge in [-0.05, 0) is 62.4 Å². The molecule has 0 amide bonds. The fraction of sp³-hybridized carbons (Fsp3) is 0.625. The molecule has 2 nitrogen and oxygen atoms in total. The molecule has 2 heterocycles. The number of rotatable bonds is 2. The minimum absolute atomic E-state index is 0.136. The van der Waals surface area contributed by atoms with Crippen molar-refractivity contribution in [3.8, 4) is 0 Å². The highest BCUT2D eigenvalue weighted by atomic mass is 19.1. The molecule has 1 aromatic carbocycles. The van der Waals surface area contributed by atoms with E-state index in [4.69, 9.17) is 0 Å². The van der Waals surface area contributed by atoms with E-state index in [1.54, 1.807) is 12.1 Å². The third-order valence-corrected chi connectivity index (χ3v) is 5.18. The Labute approximate surface area is 115 Å². The van der Waals surface area contributed by atoms with Crippen LogP contribution in [0.2, 0.25) is 0 Å². The standard InChI is InChI=1S/C16H23FN2/c1-11-6-14(17)5-4-12(11)9-19-10-13-7-18-8-15(13)16(19,2)3/h4-6,13,15,18H,7-10H2,1-3H3. The molecule has 1 N–H and O–H groups in total. The van der Waals surface area contributed by atoms with Gasteiger partial charge in [0.2, 0.25) is 0 Å². The Bertz CT molecular complexity index is 484. The first-order valence-electron chi connectivity index (χ1n) is 7.19. The van der Waals surface area contributed by atoms with Crippen molar-refractivity contribution in [2.75, 3.05) is 19.6 Å². The smallest absolute Gasteiger partial charge is 0.123 e. The Balaban J connectivity index is 1.80. The highest BCUT2D eigenvalue weighted by molar-refractivity contribution is 5.27. The van der Waals surface area contributed by atoms with Gasteiger partial charge in [-0.1, -0.05) is 6.07 Å². The third-order valence-electron chi connectivity index (χ3n) is 5.18. The van der Waals surface area contributed by atoms with Gasteiger partial charge in [-0.25, -0.2) is 4.39 Å². The Morgan fingerprint density at radius 1 is 1.37 bits per heavy atom. The van der Waals surface area contributed by atoms with Crippen molar-refractivity contribution < 1.29 is 4.39 Å². The van der Waals surface area contributed by atoms with Crippen LogP contribution in [0.3, 0.4) is 0 Å². The maximum Gasteiger partial charge on any atom is 0.123 e. The highest BCUT2D eigenvalue weighted by Crippen LogP contribution is 2.41. The molecule has 0 spiro atoms. The van der Waals surface area contributed by atoms with Gasteiger partial charge < -0.3 is 5.32 Å². The summed E-state index contributed by atoms with van der Waals surface area (Å²) in [5, 5.41) is 3.51. The monoisotopic (exact) mass is 262 g/mol. The van der Waals surface area contributed by atoms with E-state index in [0.717, 1.165) is 43.6 Å². The van der Waals surface area contributed by atoms with Gasteiger partial charge in [-0.2, -0.15) is 0 Å². The molecule has 1 aromatic rings. The molecule has 3 heteroatoms. The summed E-state index contributed by atoms with van der Waals surface area (Å²) in [6.45, 7) is 11.1. The van der Waals surface area contributed by atoms with Gasteiger partial charge >= 0.3 is 0 Å². The molecule has 19 heavy (non-hydrogen) atoms. The summed E-state index contributed by atoms with van der Waals surface area (Å²) in [5.74, 6) is 1.38. The zero-order chi connectivity index (χ0) is 13.6. The average molecular weight is 262 g/mol. The quantitative estimate of drug-likeness (QED) is 0.881. The van der Waals surface area contributed by atoms with Crippen LogP contribution in [0.1, 0.15) is 25.0 Å². The van der Waals surface area contributed by atoms with E-state index in [2.05, 4.69) is 24.1 Å². The molecule has 2 atom stereocenters. The number of nitrogens with zero attached hydrogens (tertiary/aromatic N) is 1. The van der Waals surface area contributed by atoms with E-state index in [0.29, 0.717) is 0 Å². The molecule has 2 saturated heterocycles. The Morgan fingerprint density at radius 2 is 2.16 bits per heavy atom. The normalized spacial score (nSPS) is 29.7.